The van der Waals surface area contributed by atoms with E-state index in [0.29, 0.717) is 6.04 Å². The minimum absolute atomic E-state index is 0.0691. The van der Waals surface area contributed by atoms with E-state index in [1.54, 1.807) is 0 Å². The summed E-state index contributed by atoms with van der Waals surface area (Å²) < 4.78 is 0. The summed E-state index contributed by atoms with van der Waals surface area (Å²) in [4.78, 5) is 16.1. The largest absolute Gasteiger partial charge is 0.338 e. The Morgan fingerprint density at radius 3 is 2.65 bits per heavy atom. The molecule has 0 radical (unpaired) electrons. The lowest BCUT2D eigenvalue weighted by molar-refractivity contribution is -0.128. The number of carbonyl (C=O) groups excluding carboxylic acids is 1. The van der Waals surface area contributed by atoms with E-state index in [-0.39, 0.29) is 11.4 Å². The molecule has 17 heavy (non-hydrogen) atoms. The molecule has 1 fully saturated rings. The molecule has 3 heteroatoms. The molecule has 0 spiro atoms. The molecule has 0 bridgehead atoms. The maximum absolute atomic E-state index is 11.7. The highest BCUT2D eigenvalue weighted by Gasteiger charge is 2.31. The lowest BCUT2D eigenvalue weighted by Crippen LogP contribution is -2.55. The van der Waals surface area contributed by atoms with E-state index in [1.807, 2.05) is 4.90 Å². The first-order valence-electron chi connectivity index (χ1n) is 6.58. The molecule has 0 N–H and O–H groups in total. The fourth-order valence-corrected chi connectivity index (χ4v) is 2.82. The van der Waals surface area contributed by atoms with Crippen molar-refractivity contribution in [2.45, 2.75) is 52.1 Å². The van der Waals surface area contributed by atoms with E-state index < -0.39 is 0 Å². The van der Waals surface area contributed by atoms with Crippen molar-refractivity contribution in [3.63, 3.8) is 0 Å². The second kappa shape index (κ2) is 5.67. The van der Waals surface area contributed by atoms with Crippen LogP contribution in [0.4, 0.5) is 0 Å². The van der Waals surface area contributed by atoms with Gasteiger partial charge >= 0.3 is 0 Å². The van der Waals surface area contributed by atoms with Gasteiger partial charge in [0.05, 0.1) is 0 Å². The van der Waals surface area contributed by atoms with Crippen molar-refractivity contribution >= 4 is 5.91 Å². The van der Waals surface area contributed by atoms with Crippen molar-refractivity contribution in [3.8, 4) is 0 Å². The highest BCUT2D eigenvalue weighted by molar-refractivity contribution is 5.87. The summed E-state index contributed by atoms with van der Waals surface area (Å²) in [5.41, 5.74) is 0.166. The maximum atomic E-state index is 11.7. The third-order valence-electron chi connectivity index (χ3n) is 3.53. The molecule has 1 unspecified atom stereocenters. The third-order valence-corrected chi connectivity index (χ3v) is 3.53. The fourth-order valence-electron chi connectivity index (χ4n) is 2.82. The second-order valence-electron chi connectivity index (χ2n) is 5.74. The Morgan fingerprint density at radius 1 is 1.53 bits per heavy atom. The van der Waals surface area contributed by atoms with Gasteiger partial charge in [-0.1, -0.05) is 13.5 Å². The predicted molar refractivity (Wildman–Crippen MR) is 71.9 cm³/mol. The van der Waals surface area contributed by atoms with Crippen molar-refractivity contribution < 1.29 is 4.79 Å². The van der Waals surface area contributed by atoms with Crippen LogP contribution in [0.1, 0.15) is 40.5 Å². The molecule has 1 atom stereocenters. The van der Waals surface area contributed by atoms with Gasteiger partial charge in [-0.3, -0.25) is 9.69 Å². The Hall–Kier alpha value is -0.830. The fraction of sp³-hybridized carbons (Fsp3) is 0.786. The summed E-state index contributed by atoms with van der Waals surface area (Å²) in [7, 11) is 0. The molecule has 0 aromatic rings. The number of amides is 1. The van der Waals surface area contributed by atoms with Gasteiger partial charge in [-0.25, -0.2) is 0 Å². The zero-order chi connectivity index (χ0) is 13.1. The van der Waals surface area contributed by atoms with Gasteiger partial charge in [-0.2, -0.15) is 0 Å². The summed E-state index contributed by atoms with van der Waals surface area (Å²) >= 11 is 0. The summed E-state index contributed by atoms with van der Waals surface area (Å²) in [5.74, 6) is 0.0691. The molecule has 1 aliphatic rings. The molecule has 98 valence electrons. The molecule has 1 saturated heterocycles. The van der Waals surface area contributed by atoms with Gasteiger partial charge in [0, 0.05) is 24.7 Å². The van der Waals surface area contributed by atoms with Crippen LogP contribution in [0.3, 0.4) is 0 Å². The Morgan fingerprint density at radius 2 is 2.18 bits per heavy atom. The molecule has 1 amide bonds. The van der Waals surface area contributed by atoms with Crippen molar-refractivity contribution in [1.82, 2.24) is 9.80 Å². The number of likely N-dealkylation sites (tertiary alicyclic amines) is 1. The van der Waals surface area contributed by atoms with E-state index in [0.717, 1.165) is 26.1 Å². The van der Waals surface area contributed by atoms with Crippen molar-refractivity contribution in [2.75, 3.05) is 19.6 Å². The molecule has 0 aliphatic carbocycles. The zero-order valence-electron chi connectivity index (χ0n) is 11.7. The van der Waals surface area contributed by atoms with Crippen LogP contribution in [0.2, 0.25) is 0 Å². The lowest BCUT2D eigenvalue weighted by atomic mass is 9.97. The van der Waals surface area contributed by atoms with Gasteiger partial charge in [0.25, 0.3) is 0 Å². The van der Waals surface area contributed by atoms with Gasteiger partial charge in [0.15, 0.2) is 0 Å². The lowest BCUT2D eigenvalue weighted by Gasteiger charge is -2.45. The Kier molecular flexibility index (Phi) is 4.75. The molecule has 1 aliphatic heterocycles. The number of nitrogens with zero attached hydrogens (tertiary/aromatic N) is 2. The number of carbonyl (C=O) groups is 1. The van der Waals surface area contributed by atoms with Crippen LogP contribution >= 0.6 is 0 Å². The number of rotatable bonds is 3. The smallest absolute Gasteiger partial charge is 0.246 e. The standard InChI is InChI=1S/C14H26N2O/c1-6-13(17)15-10-8-9-12(11-15)16(7-2)14(3,4)5/h6,12H,1,7-11H2,2-5H3. The first kappa shape index (κ1) is 14.2. The highest BCUT2D eigenvalue weighted by atomic mass is 16.2. The molecule has 0 aromatic carbocycles. The Balaban J connectivity index is 2.71. The Bertz CT molecular complexity index is 280. The topological polar surface area (TPSA) is 23.6 Å². The molecular weight excluding hydrogens is 212 g/mol. The summed E-state index contributed by atoms with van der Waals surface area (Å²) in [6.45, 7) is 15.2. The van der Waals surface area contributed by atoms with Crippen molar-refractivity contribution in [1.29, 1.82) is 0 Å². The molecule has 0 saturated carbocycles. The van der Waals surface area contributed by atoms with Gasteiger partial charge in [-0.05, 0) is 46.2 Å². The summed E-state index contributed by atoms with van der Waals surface area (Å²) in [5, 5.41) is 0. The SMILES string of the molecule is C=CC(=O)N1CCCC(N(CC)C(C)(C)C)C1. The number of hydrogen-bond donors (Lipinski definition) is 0. The van der Waals surface area contributed by atoms with Gasteiger partial charge in [0.2, 0.25) is 5.91 Å². The van der Waals surface area contributed by atoms with Crippen LogP contribution in [-0.4, -0.2) is 46.9 Å². The molecule has 0 aromatic heterocycles. The first-order chi connectivity index (χ1) is 7.90. The van der Waals surface area contributed by atoms with E-state index in [9.17, 15) is 4.79 Å². The van der Waals surface area contributed by atoms with Crippen LogP contribution in [-0.2, 0) is 4.79 Å². The summed E-state index contributed by atoms with van der Waals surface area (Å²) in [6.07, 6.45) is 3.71. The minimum Gasteiger partial charge on any atom is -0.338 e. The van der Waals surface area contributed by atoms with Gasteiger partial charge < -0.3 is 4.90 Å². The number of hydrogen-bond acceptors (Lipinski definition) is 2. The van der Waals surface area contributed by atoms with Crippen LogP contribution in [0.15, 0.2) is 12.7 Å². The van der Waals surface area contributed by atoms with Gasteiger partial charge in [0.1, 0.15) is 0 Å². The first-order valence-corrected chi connectivity index (χ1v) is 6.58. The average molecular weight is 238 g/mol. The third kappa shape index (κ3) is 3.56. The van der Waals surface area contributed by atoms with Crippen LogP contribution < -0.4 is 0 Å². The molecule has 1 rings (SSSR count). The van der Waals surface area contributed by atoms with Crippen molar-refractivity contribution in [2.24, 2.45) is 0 Å². The second-order valence-corrected chi connectivity index (χ2v) is 5.74. The average Bonchev–Trinajstić information content (AvgIpc) is 2.27. The predicted octanol–water partition coefficient (Wildman–Crippen LogP) is 2.28. The van der Waals surface area contributed by atoms with Crippen molar-refractivity contribution in [3.05, 3.63) is 12.7 Å². The number of piperidine rings is 1. The van der Waals surface area contributed by atoms with Crippen LogP contribution in [0.25, 0.3) is 0 Å². The van der Waals surface area contributed by atoms with Crippen LogP contribution in [0.5, 0.6) is 0 Å². The molecule has 1 heterocycles. The summed E-state index contributed by atoms with van der Waals surface area (Å²) in [6, 6.07) is 0.484. The normalized spacial score (nSPS) is 21.7. The monoisotopic (exact) mass is 238 g/mol. The van der Waals surface area contributed by atoms with Gasteiger partial charge in [-0.15, -0.1) is 0 Å². The Labute approximate surface area is 105 Å². The van der Waals surface area contributed by atoms with E-state index in [1.165, 1.54) is 12.5 Å². The zero-order valence-corrected chi connectivity index (χ0v) is 11.7. The minimum atomic E-state index is 0.0691. The highest BCUT2D eigenvalue weighted by Crippen LogP contribution is 2.23. The van der Waals surface area contributed by atoms with E-state index in [2.05, 4.69) is 39.2 Å². The van der Waals surface area contributed by atoms with E-state index in [4.69, 9.17) is 0 Å². The molecular formula is C14H26N2O. The quantitative estimate of drug-likeness (QED) is 0.704. The number of likely N-dealkylation sites (N-methyl/N-ethyl adjacent to an activating group) is 1. The maximum Gasteiger partial charge on any atom is 0.246 e. The van der Waals surface area contributed by atoms with Crippen LogP contribution in [0, 0.1) is 0 Å². The van der Waals surface area contributed by atoms with E-state index >= 15 is 0 Å². The molecule has 3 nitrogen and oxygen atoms in total.